The van der Waals surface area contributed by atoms with Gasteiger partial charge in [-0.15, -0.1) is 0 Å². The molecule has 0 spiro atoms. The van der Waals surface area contributed by atoms with Gasteiger partial charge in [-0.1, -0.05) is 18.2 Å². The molecule has 0 bridgehead atoms. The Morgan fingerprint density at radius 1 is 1.47 bits per heavy atom. The summed E-state index contributed by atoms with van der Waals surface area (Å²) in [6.45, 7) is 4.42. The number of nitriles is 1. The topological polar surface area (TPSA) is 62.3 Å². The number of hydrogen-bond acceptors (Lipinski definition) is 4. The molecule has 0 amide bonds. The Labute approximate surface area is 115 Å². The van der Waals surface area contributed by atoms with Crippen LogP contribution in [0, 0.1) is 11.3 Å². The van der Waals surface area contributed by atoms with E-state index in [1.165, 1.54) is 5.56 Å². The fourth-order valence-electron chi connectivity index (χ4n) is 2.05. The van der Waals surface area contributed by atoms with Gasteiger partial charge in [0.2, 0.25) is 0 Å². The van der Waals surface area contributed by atoms with Crippen LogP contribution in [0.25, 0.3) is 0 Å². The minimum absolute atomic E-state index is 0.285. The lowest BCUT2D eigenvalue weighted by atomic mass is 10.0. The SMILES string of the molecule is COc1ccccc1CC(C)N(C)CC(C)(N)C#N. The van der Waals surface area contributed by atoms with Gasteiger partial charge in [0.15, 0.2) is 0 Å². The maximum absolute atomic E-state index is 8.97. The zero-order valence-corrected chi connectivity index (χ0v) is 12.2. The summed E-state index contributed by atoms with van der Waals surface area (Å²) < 4.78 is 5.35. The maximum atomic E-state index is 8.97. The maximum Gasteiger partial charge on any atom is 0.122 e. The van der Waals surface area contributed by atoms with Crippen molar-refractivity contribution in [3.05, 3.63) is 29.8 Å². The zero-order valence-electron chi connectivity index (χ0n) is 12.2. The molecular formula is C15H23N3O. The Kier molecular flexibility index (Phi) is 5.34. The molecule has 2 N–H and O–H groups in total. The van der Waals surface area contributed by atoms with Gasteiger partial charge in [-0.05, 0) is 38.9 Å². The number of nitrogens with zero attached hydrogens (tertiary/aromatic N) is 2. The highest BCUT2D eigenvalue weighted by molar-refractivity contribution is 5.33. The predicted molar refractivity (Wildman–Crippen MR) is 77.0 cm³/mol. The number of para-hydroxylation sites is 1. The van der Waals surface area contributed by atoms with E-state index in [0.29, 0.717) is 6.54 Å². The third-order valence-electron chi connectivity index (χ3n) is 3.29. The van der Waals surface area contributed by atoms with E-state index < -0.39 is 5.54 Å². The Balaban J connectivity index is 2.69. The molecule has 104 valence electrons. The van der Waals surface area contributed by atoms with Crippen LogP contribution >= 0.6 is 0 Å². The molecule has 0 heterocycles. The normalized spacial score (nSPS) is 15.6. The molecule has 1 aromatic rings. The van der Waals surface area contributed by atoms with E-state index in [2.05, 4.69) is 24.0 Å². The molecule has 0 saturated heterocycles. The molecule has 19 heavy (non-hydrogen) atoms. The molecule has 1 rings (SSSR count). The Bertz CT molecular complexity index is 451. The second-order valence-electron chi connectivity index (χ2n) is 5.31. The van der Waals surface area contributed by atoms with Gasteiger partial charge in [0.05, 0.1) is 13.2 Å². The van der Waals surface area contributed by atoms with Crippen molar-refractivity contribution < 1.29 is 4.74 Å². The van der Waals surface area contributed by atoms with Crippen LogP contribution < -0.4 is 10.5 Å². The van der Waals surface area contributed by atoms with Gasteiger partial charge in [0, 0.05) is 12.6 Å². The summed E-state index contributed by atoms with van der Waals surface area (Å²) >= 11 is 0. The van der Waals surface area contributed by atoms with Gasteiger partial charge >= 0.3 is 0 Å². The van der Waals surface area contributed by atoms with E-state index in [4.69, 9.17) is 15.7 Å². The number of rotatable bonds is 6. The molecule has 0 radical (unpaired) electrons. The highest BCUT2D eigenvalue weighted by atomic mass is 16.5. The molecule has 4 heteroatoms. The second kappa shape index (κ2) is 6.55. The van der Waals surface area contributed by atoms with E-state index in [-0.39, 0.29) is 6.04 Å². The Morgan fingerprint density at radius 2 is 2.11 bits per heavy atom. The monoisotopic (exact) mass is 261 g/mol. The second-order valence-corrected chi connectivity index (χ2v) is 5.31. The fourth-order valence-corrected chi connectivity index (χ4v) is 2.05. The van der Waals surface area contributed by atoms with Gasteiger partial charge in [-0.3, -0.25) is 0 Å². The first-order chi connectivity index (χ1) is 8.89. The summed E-state index contributed by atoms with van der Waals surface area (Å²) in [4.78, 5) is 2.11. The van der Waals surface area contributed by atoms with Crippen LogP contribution in [-0.4, -0.2) is 37.2 Å². The van der Waals surface area contributed by atoms with Crippen molar-refractivity contribution in [2.45, 2.75) is 31.8 Å². The molecule has 2 unspecified atom stereocenters. The van der Waals surface area contributed by atoms with Crippen molar-refractivity contribution in [1.82, 2.24) is 4.90 Å². The van der Waals surface area contributed by atoms with Crippen LogP contribution in [0.4, 0.5) is 0 Å². The first kappa shape index (κ1) is 15.5. The summed E-state index contributed by atoms with van der Waals surface area (Å²) in [5.74, 6) is 0.901. The van der Waals surface area contributed by atoms with E-state index in [0.717, 1.165) is 12.2 Å². The standard InChI is InChI=1S/C15H23N3O/c1-12(18(3)11-15(2,17)10-16)9-13-7-5-6-8-14(13)19-4/h5-8,12H,9,11,17H2,1-4H3. The lowest BCUT2D eigenvalue weighted by Gasteiger charge is -2.30. The minimum Gasteiger partial charge on any atom is -0.496 e. The Morgan fingerprint density at radius 3 is 2.68 bits per heavy atom. The van der Waals surface area contributed by atoms with Crippen LogP contribution in [0.1, 0.15) is 19.4 Å². The quantitative estimate of drug-likeness (QED) is 0.848. The van der Waals surface area contributed by atoms with Crippen molar-refractivity contribution >= 4 is 0 Å². The van der Waals surface area contributed by atoms with E-state index in [1.807, 2.05) is 25.2 Å². The van der Waals surface area contributed by atoms with Crippen molar-refractivity contribution in [2.24, 2.45) is 5.73 Å². The van der Waals surface area contributed by atoms with Gasteiger partial charge < -0.3 is 15.4 Å². The summed E-state index contributed by atoms with van der Waals surface area (Å²) in [6.07, 6.45) is 0.863. The number of nitrogens with two attached hydrogens (primary N) is 1. The minimum atomic E-state index is -0.816. The van der Waals surface area contributed by atoms with Crippen LogP contribution in [0.3, 0.4) is 0 Å². The third kappa shape index (κ3) is 4.55. The molecular weight excluding hydrogens is 238 g/mol. The number of likely N-dealkylation sites (N-methyl/N-ethyl adjacent to an activating group) is 1. The first-order valence-electron chi connectivity index (χ1n) is 6.42. The largest absolute Gasteiger partial charge is 0.496 e. The molecule has 0 aliphatic rings. The van der Waals surface area contributed by atoms with Gasteiger partial charge in [-0.25, -0.2) is 0 Å². The summed E-state index contributed by atoms with van der Waals surface area (Å²) in [5, 5.41) is 8.97. The molecule has 0 aliphatic carbocycles. The van der Waals surface area contributed by atoms with E-state index in [1.54, 1.807) is 14.0 Å². The van der Waals surface area contributed by atoms with Crippen LogP contribution in [0.15, 0.2) is 24.3 Å². The van der Waals surface area contributed by atoms with Crippen molar-refractivity contribution in [1.29, 1.82) is 5.26 Å². The molecule has 1 aromatic carbocycles. The number of ether oxygens (including phenoxy) is 1. The number of benzene rings is 1. The summed E-state index contributed by atoms with van der Waals surface area (Å²) in [6, 6.07) is 10.4. The first-order valence-corrected chi connectivity index (χ1v) is 6.42. The molecule has 0 saturated carbocycles. The van der Waals surface area contributed by atoms with Crippen molar-refractivity contribution in [2.75, 3.05) is 20.7 Å². The average molecular weight is 261 g/mol. The van der Waals surface area contributed by atoms with Gasteiger partial charge in [0.1, 0.15) is 11.3 Å². The van der Waals surface area contributed by atoms with Crippen LogP contribution in [-0.2, 0) is 6.42 Å². The smallest absolute Gasteiger partial charge is 0.122 e. The lowest BCUT2D eigenvalue weighted by molar-refractivity contribution is 0.225. The van der Waals surface area contributed by atoms with Crippen molar-refractivity contribution in [3.63, 3.8) is 0 Å². The average Bonchev–Trinajstić information content (AvgIpc) is 2.38. The van der Waals surface area contributed by atoms with Crippen molar-refractivity contribution in [3.8, 4) is 11.8 Å². The third-order valence-corrected chi connectivity index (χ3v) is 3.29. The molecule has 4 nitrogen and oxygen atoms in total. The van der Waals surface area contributed by atoms with Gasteiger partial charge in [-0.2, -0.15) is 5.26 Å². The molecule has 2 atom stereocenters. The zero-order chi connectivity index (χ0) is 14.5. The summed E-state index contributed by atoms with van der Waals surface area (Å²) in [7, 11) is 3.67. The molecule has 0 fully saturated rings. The highest BCUT2D eigenvalue weighted by Crippen LogP contribution is 2.20. The van der Waals surface area contributed by atoms with Crippen LogP contribution in [0.2, 0.25) is 0 Å². The predicted octanol–water partition coefficient (Wildman–Crippen LogP) is 1.80. The molecule has 0 aliphatic heterocycles. The lowest BCUT2D eigenvalue weighted by Crippen LogP contribution is -2.48. The van der Waals surface area contributed by atoms with E-state index in [9.17, 15) is 0 Å². The Hall–Kier alpha value is -1.57. The molecule has 0 aromatic heterocycles. The summed E-state index contributed by atoms with van der Waals surface area (Å²) in [5.41, 5.74) is 6.23. The van der Waals surface area contributed by atoms with Gasteiger partial charge in [0.25, 0.3) is 0 Å². The van der Waals surface area contributed by atoms with Crippen LogP contribution in [0.5, 0.6) is 5.75 Å². The number of methoxy groups -OCH3 is 1. The fraction of sp³-hybridized carbons (Fsp3) is 0.533. The van der Waals surface area contributed by atoms with E-state index >= 15 is 0 Å². The number of hydrogen-bond donors (Lipinski definition) is 1. The highest BCUT2D eigenvalue weighted by Gasteiger charge is 2.23.